The zero-order chi connectivity index (χ0) is 15.5. The van der Waals surface area contributed by atoms with Gasteiger partial charge in [0.2, 0.25) is 0 Å². The van der Waals surface area contributed by atoms with Crippen LogP contribution in [0.15, 0.2) is 35.8 Å². The van der Waals surface area contributed by atoms with Crippen molar-refractivity contribution in [2.24, 2.45) is 0 Å². The van der Waals surface area contributed by atoms with Gasteiger partial charge in [-0.25, -0.2) is 4.98 Å². The fraction of sp³-hybridized carbons (Fsp3) is 0.250. The minimum Gasteiger partial charge on any atom is -0.344 e. The minimum absolute atomic E-state index is 0.155. The molecular formula is C16H18N4OS. The van der Waals surface area contributed by atoms with Crippen molar-refractivity contribution in [2.45, 2.75) is 26.3 Å². The zero-order valence-corrected chi connectivity index (χ0v) is 13.2. The lowest BCUT2D eigenvalue weighted by Gasteiger charge is -2.07. The molecule has 0 spiro atoms. The van der Waals surface area contributed by atoms with Gasteiger partial charge in [-0.05, 0) is 18.1 Å². The smallest absolute Gasteiger partial charge is 0.270 e. The summed E-state index contributed by atoms with van der Waals surface area (Å²) < 4.78 is 1.50. The molecule has 0 saturated heterocycles. The number of rotatable bonds is 5. The fourth-order valence-electron chi connectivity index (χ4n) is 2.66. The molecule has 3 rings (SSSR count). The number of carbonyl (C=O) groups excluding carboxylic acids is 1. The van der Waals surface area contributed by atoms with Crippen molar-refractivity contribution in [2.75, 3.05) is 5.84 Å². The van der Waals surface area contributed by atoms with Gasteiger partial charge < -0.3 is 11.2 Å². The highest BCUT2D eigenvalue weighted by atomic mass is 32.1. The summed E-state index contributed by atoms with van der Waals surface area (Å²) in [5.41, 5.74) is 2.43. The monoisotopic (exact) mass is 314 g/mol. The van der Waals surface area contributed by atoms with E-state index in [0.717, 1.165) is 34.3 Å². The molecular weight excluding hydrogens is 296 g/mol. The number of carbonyl (C=O) groups is 1. The number of nitrogen functional groups attached to an aromatic ring is 1. The van der Waals surface area contributed by atoms with Gasteiger partial charge in [-0.2, -0.15) is 0 Å². The molecule has 2 heterocycles. The zero-order valence-electron chi connectivity index (χ0n) is 12.4. The number of amides is 1. The molecule has 0 fully saturated rings. The molecule has 2 aromatic heterocycles. The number of aryl methyl sites for hydroxylation is 1. The molecule has 0 atom stereocenters. The van der Waals surface area contributed by atoms with E-state index >= 15 is 0 Å². The summed E-state index contributed by atoms with van der Waals surface area (Å²) in [7, 11) is 0. The van der Waals surface area contributed by atoms with Crippen LogP contribution in [0.4, 0.5) is 0 Å². The number of fused-ring (bicyclic) bond motifs is 1. The van der Waals surface area contributed by atoms with Crippen molar-refractivity contribution in [1.29, 1.82) is 0 Å². The summed E-state index contributed by atoms with van der Waals surface area (Å²) in [6, 6.07) is 7.85. The molecule has 0 aliphatic carbocycles. The van der Waals surface area contributed by atoms with E-state index in [0.29, 0.717) is 12.2 Å². The van der Waals surface area contributed by atoms with Crippen molar-refractivity contribution in [3.05, 3.63) is 52.1 Å². The van der Waals surface area contributed by atoms with Crippen molar-refractivity contribution in [3.8, 4) is 0 Å². The van der Waals surface area contributed by atoms with Crippen LogP contribution in [0.25, 0.3) is 10.9 Å². The second kappa shape index (κ2) is 6.19. The van der Waals surface area contributed by atoms with E-state index < -0.39 is 0 Å². The van der Waals surface area contributed by atoms with Crippen LogP contribution in [0.3, 0.4) is 0 Å². The maximum Gasteiger partial charge on any atom is 0.270 e. The quantitative estimate of drug-likeness (QED) is 0.711. The SMILES string of the molecule is CCCc1c(C(=O)NCc2nccs2)n(N)c2ccccc12. The lowest BCUT2D eigenvalue weighted by molar-refractivity contribution is 0.0943. The third kappa shape index (κ3) is 2.57. The topological polar surface area (TPSA) is 72.9 Å². The predicted octanol–water partition coefficient (Wildman–Crippen LogP) is 2.69. The Morgan fingerprint density at radius 1 is 1.41 bits per heavy atom. The van der Waals surface area contributed by atoms with Crippen LogP contribution >= 0.6 is 11.3 Å². The van der Waals surface area contributed by atoms with Crippen LogP contribution in [0.2, 0.25) is 0 Å². The Bertz CT molecular complexity index is 792. The molecule has 1 aromatic carbocycles. The molecule has 1 amide bonds. The van der Waals surface area contributed by atoms with Crippen molar-refractivity contribution in [3.63, 3.8) is 0 Å². The maximum absolute atomic E-state index is 12.6. The molecule has 0 aliphatic heterocycles. The Balaban J connectivity index is 1.96. The number of nitrogens with two attached hydrogens (primary N) is 1. The molecule has 114 valence electrons. The summed E-state index contributed by atoms with van der Waals surface area (Å²) in [6.07, 6.45) is 3.51. The van der Waals surface area contributed by atoms with E-state index in [1.54, 1.807) is 6.20 Å². The predicted molar refractivity (Wildman–Crippen MR) is 89.4 cm³/mol. The maximum atomic E-state index is 12.6. The highest BCUT2D eigenvalue weighted by Crippen LogP contribution is 2.25. The van der Waals surface area contributed by atoms with E-state index in [-0.39, 0.29) is 5.91 Å². The molecule has 0 bridgehead atoms. The van der Waals surface area contributed by atoms with Crippen LogP contribution in [-0.4, -0.2) is 15.6 Å². The Morgan fingerprint density at radius 2 is 2.23 bits per heavy atom. The van der Waals surface area contributed by atoms with E-state index in [2.05, 4.69) is 17.2 Å². The Hall–Kier alpha value is -2.34. The third-order valence-corrected chi connectivity index (χ3v) is 4.39. The number of benzene rings is 1. The second-order valence-corrected chi connectivity index (χ2v) is 6.05. The Morgan fingerprint density at radius 3 is 2.95 bits per heavy atom. The van der Waals surface area contributed by atoms with E-state index in [1.165, 1.54) is 16.0 Å². The van der Waals surface area contributed by atoms with E-state index in [9.17, 15) is 4.79 Å². The molecule has 22 heavy (non-hydrogen) atoms. The first-order chi connectivity index (χ1) is 10.7. The second-order valence-electron chi connectivity index (χ2n) is 5.07. The van der Waals surface area contributed by atoms with Crippen molar-refractivity contribution < 1.29 is 4.79 Å². The van der Waals surface area contributed by atoms with Gasteiger partial charge in [0.25, 0.3) is 5.91 Å². The summed E-state index contributed by atoms with van der Waals surface area (Å²) in [4.78, 5) is 16.8. The normalized spacial score (nSPS) is 11.0. The first kappa shape index (κ1) is 14.6. The highest BCUT2D eigenvalue weighted by Gasteiger charge is 2.20. The van der Waals surface area contributed by atoms with Gasteiger partial charge in [-0.1, -0.05) is 31.5 Å². The minimum atomic E-state index is -0.155. The molecule has 5 nitrogen and oxygen atoms in total. The van der Waals surface area contributed by atoms with E-state index in [4.69, 9.17) is 5.84 Å². The summed E-state index contributed by atoms with van der Waals surface area (Å²) >= 11 is 1.52. The number of nitrogens with zero attached hydrogens (tertiary/aromatic N) is 2. The third-order valence-electron chi connectivity index (χ3n) is 3.61. The average molecular weight is 314 g/mol. The molecule has 0 radical (unpaired) electrons. The van der Waals surface area contributed by atoms with Gasteiger partial charge in [0.15, 0.2) is 0 Å². The number of hydrogen-bond acceptors (Lipinski definition) is 4. The number of aromatic nitrogens is 2. The largest absolute Gasteiger partial charge is 0.344 e. The van der Waals surface area contributed by atoms with Crippen LogP contribution in [0.1, 0.15) is 34.4 Å². The van der Waals surface area contributed by atoms with Gasteiger partial charge in [-0.3, -0.25) is 9.47 Å². The number of nitrogens with one attached hydrogen (secondary N) is 1. The van der Waals surface area contributed by atoms with Crippen molar-refractivity contribution in [1.82, 2.24) is 15.0 Å². The standard InChI is InChI=1S/C16H18N4OS/c1-2-5-12-11-6-3-4-7-13(11)20(17)15(12)16(21)19-10-14-18-8-9-22-14/h3-4,6-9H,2,5,10,17H2,1H3,(H,19,21). The average Bonchev–Trinajstić information content (AvgIpc) is 3.14. The van der Waals surface area contributed by atoms with Gasteiger partial charge in [0.05, 0.1) is 12.1 Å². The van der Waals surface area contributed by atoms with Crippen LogP contribution < -0.4 is 11.2 Å². The van der Waals surface area contributed by atoms with Crippen molar-refractivity contribution >= 4 is 28.1 Å². The molecule has 0 unspecified atom stereocenters. The van der Waals surface area contributed by atoms with E-state index in [1.807, 2.05) is 29.6 Å². The number of para-hydroxylation sites is 1. The lowest BCUT2D eigenvalue weighted by atomic mass is 10.1. The summed E-state index contributed by atoms with van der Waals surface area (Å²) in [5.74, 6) is 6.01. The first-order valence-electron chi connectivity index (χ1n) is 7.26. The molecule has 3 N–H and O–H groups in total. The van der Waals surface area contributed by atoms with Gasteiger partial charge >= 0.3 is 0 Å². The van der Waals surface area contributed by atoms with Gasteiger partial charge in [0.1, 0.15) is 10.7 Å². The van der Waals surface area contributed by atoms with Gasteiger partial charge in [0, 0.05) is 17.0 Å². The Kier molecular flexibility index (Phi) is 4.11. The van der Waals surface area contributed by atoms with Gasteiger partial charge in [-0.15, -0.1) is 11.3 Å². The fourth-order valence-corrected chi connectivity index (χ4v) is 3.22. The molecule has 0 saturated carbocycles. The molecule has 3 aromatic rings. The Labute approximate surface area is 132 Å². The molecule has 6 heteroatoms. The number of hydrogen-bond donors (Lipinski definition) is 2. The summed E-state index contributed by atoms with van der Waals surface area (Å²) in [5, 5.41) is 6.73. The highest BCUT2D eigenvalue weighted by molar-refractivity contribution is 7.09. The summed E-state index contributed by atoms with van der Waals surface area (Å²) in [6.45, 7) is 2.52. The van der Waals surface area contributed by atoms with Crippen LogP contribution in [0, 0.1) is 0 Å². The molecule has 0 aliphatic rings. The number of thiazole rings is 1. The van der Waals surface area contributed by atoms with Crippen LogP contribution in [-0.2, 0) is 13.0 Å². The first-order valence-corrected chi connectivity index (χ1v) is 8.14. The lowest BCUT2D eigenvalue weighted by Crippen LogP contribution is -2.28. The van der Waals surface area contributed by atoms with Crippen LogP contribution in [0.5, 0.6) is 0 Å².